The van der Waals surface area contributed by atoms with Crippen LogP contribution in [0, 0.1) is 21.4 Å². The quantitative estimate of drug-likeness (QED) is 0.522. The molecule has 10 nitrogen and oxygen atoms in total. The number of nitro groups is 1. The number of hydrogen-bond donors (Lipinski definition) is 0. The average molecular weight is 438 g/mol. The van der Waals surface area contributed by atoms with Gasteiger partial charge in [-0.15, -0.1) is 0 Å². The highest BCUT2D eigenvalue weighted by Crippen LogP contribution is 2.37. The third-order valence-electron chi connectivity index (χ3n) is 5.16. The molecule has 0 spiro atoms. The Morgan fingerprint density at radius 3 is 2.16 bits per heavy atom. The van der Waals surface area contributed by atoms with E-state index in [-0.39, 0.29) is 43.2 Å². The maximum Gasteiger partial charge on any atom is 0.416 e. The summed E-state index contributed by atoms with van der Waals surface area (Å²) in [5, 5.41) is 20.8. The summed E-state index contributed by atoms with van der Waals surface area (Å²) in [6.45, 7) is 0.710. The van der Waals surface area contributed by atoms with Gasteiger partial charge in [0.2, 0.25) is 0 Å². The van der Waals surface area contributed by atoms with Crippen LogP contribution >= 0.6 is 0 Å². The normalized spacial score (nSPS) is 14.5. The predicted octanol–water partition coefficient (Wildman–Crippen LogP) is 1.21. The number of piperazine rings is 1. The van der Waals surface area contributed by atoms with E-state index in [1.165, 1.54) is 18.7 Å². The third-order valence-corrected chi connectivity index (χ3v) is 5.16. The number of aromatic nitrogens is 2. The van der Waals surface area contributed by atoms with Gasteiger partial charge in [0.1, 0.15) is 17.6 Å². The van der Waals surface area contributed by atoms with Crippen LogP contribution in [-0.4, -0.2) is 40.2 Å². The van der Waals surface area contributed by atoms with Gasteiger partial charge < -0.3 is 9.80 Å². The molecule has 0 N–H and O–H groups in total. The molecule has 2 heterocycles. The molecule has 31 heavy (non-hydrogen) atoms. The summed E-state index contributed by atoms with van der Waals surface area (Å²) in [6, 6.07) is 4.16. The minimum absolute atomic E-state index is 0.0380. The highest BCUT2D eigenvalue weighted by atomic mass is 19.4. The average Bonchev–Trinajstić information content (AvgIpc) is 2.73. The second-order valence-corrected chi connectivity index (χ2v) is 6.95. The van der Waals surface area contributed by atoms with Crippen LogP contribution in [0.4, 0.5) is 30.4 Å². The van der Waals surface area contributed by atoms with Gasteiger partial charge in [0, 0.05) is 46.3 Å². The van der Waals surface area contributed by atoms with Crippen LogP contribution in [0.5, 0.6) is 0 Å². The number of nitro benzene ring substituents is 1. The van der Waals surface area contributed by atoms with Gasteiger partial charge >= 0.3 is 11.9 Å². The molecule has 0 unspecified atom stereocenters. The Balaban J connectivity index is 1.93. The third kappa shape index (κ3) is 3.83. The van der Waals surface area contributed by atoms with Crippen molar-refractivity contribution in [2.75, 3.05) is 36.0 Å². The van der Waals surface area contributed by atoms with E-state index in [0.29, 0.717) is 6.07 Å². The first-order chi connectivity index (χ1) is 14.5. The van der Waals surface area contributed by atoms with E-state index in [2.05, 4.69) is 0 Å². The van der Waals surface area contributed by atoms with Gasteiger partial charge in [0.15, 0.2) is 5.56 Å². The zero-order valence-corrected chi connectivity index (χ0v) is 16.5. The number of nitriles is 1. The molecule has 0 bridgehead atoms. The number of hydrogen-bond acceptors (Lipinski definition) is 7. The summed E-state index contributed by atoms with van der Waals surface area (Å²) in [6.07, 6.45) is -4.71. The highest BCUT2D eigenvalue weighted by molar-refractivity contribution is 5.66. The van der Waals surface area contributed by atoms with Gasteiger partial charge in [-0.05, 0) is 12.1 Å². The molecule has 1 aliphatic heterocycles. The molecule has 13 heteroatoms. The van der Waals surface area contributed by atoms with Crippen LogP contribution in [-0.2, 0) is 20.3 Å². The summed E-state index contributed by atoms with van der Waals surface area (Å²) >= 11 is 0. The fourth-order valence-corrected chi connectivity index (χ4v) is 3.57. The number of benzene rings is 1. The molecule has 1 fully saturated rings. The highest BCUT2D eigenvalue weighted by Gasteiger charge is 2.34. The Kier molecular flexibility index (Phi) is 5.49. The minimum Gasteiger partial charge on any atom is -0.362 e. The Morgan fingerprint density at radius 1 is 1.06 bits per heavy atom. The van der Waals surface area contributed by atoms with Gasteiger partial charge in [-0.3, -0.25) is 24.0 Å². The molecular weight excluding hydrogens is 421 g/mol. The van der Waals surface area contributed by atoms with E-state index >= 15 is 0 Å². The predicted molar refractivity (Wildman–Crippen MR) is 104 cm³/mol. The summed E-state index contributed by atoms with van der Waals surface area (Å²) in [7, 11) is 2.68. The van der Waals surface area contributed by atoms with Crippen molar-refractivity contribution in [2.45, 2.75) is 6.18 Å². The molecule has 0 aliphatic carbocycles. The van der Waals surface area contributed by atoms with Crippen LogP contribution in [0.25, 0.3) is 0 Å². The number of halogens is 3. The van der Waals surface area contributed by atoms with Crippen molar-refractivity contribution in [3.05, 3.63) is 60.3 Å². The number of alkyl halides is 3. The Bertz CT molecular complexity index is 1200. The van der Waals surface area contributed by atoms with Crippen LogP contribution in [0.3, 0.4) is 0 Å². The lowest BCUT2D eigenvalue weighted by Gasteiger charge is -2.37. The number of anilines is 2. The van der Waals surface area contributed by atoms with E-state index in [1.807, 2.05) is 6.07 Å². The molecule has 3 rings (SSSR count). The molecule has 1 aliphatic rings. The molecule has 0 saturated carbocycles. The summed E-state index contributed by atoms with van der Waals surface area (Å²) in [4.78, 5) is 38.2. The topological polar surface area (TPSA) is 117 Å². The summed E-state index contributed by atoms with van der Waals surface area (Å²) in [5.41, 5.74) is -3.30. The summed E-state index contributed by atoms with van der Waals surface area (Å²) < 4.78 is 40.8. The van der Waals surface area contributed by atoms with Gasteiger partial charge in [0.05, 0.1) is 10.5 Å². The maximum absolute atomic E-state index is 12.9. The zero-order valence-electron chi connectivity index (χ0n) is 16.5. The Labute approximate surface area is 173 Å². The lowest BCUT2D eigenvalue weighted by atomic mass is 10.1. The fourth-order valence-electron chi connectivity index (χ4n) is 3.57. The van der Waals surface area contributed by atoms with Gasteiger partial charge in [0.25, 0.3) is 11.2 Å². The van der Waals surface area contributed by atoms with Crippen LogP contribution in [0.2, 0.25) is 0 Å². The van der Waals surface area contributed by atoms with Gasteiger partial charge in [-0.25, -0.2) is 4.79 Å². The van der Waals surface area contributed by atoms with E-state index in [1.54, 1.807) is 9.80 Å². The van der Waals surface area contributed by atoms with E-state index in [4.69, 9.17) is 0 Å². The van der Waals surface area contributed by atoms with Crippen molar-refractivity contribution in [1.82, 2.24) is 9.13 Å². The maximum atomic E-state index is 12.9. The van der Waals surface area contributed by atoms with Crippen molar-refractivity contribution in [1.29, 1.82) is 5.26 Å². The van der Waals surface area contributed by atoms with E-state index in [9.17, 15) is 38.1 Å². The van der Waals surface area contributed by atoms with E-state index in [0.717, 1.165) is 16.7 Å². The minimum atomic E-state index is -4.71. The van der Waals surface area contributed by atoms with Crippen molar-refractivity contribution < 1.29 is 18.1 Å². The lowest BCUT2D eigenvalue weighted by molar-refractivity contribution is -0.384. The molecule has 164 valence electrons. The first-order valence-electron chi connectivity index (χ1n) is 9.03. The van der Waals surface area contributed by atoms with Crippen molar-refractivity contribution in [2.24, 2.45) is 14.1 Å². The Hall–Kier alpha value is -3.82. The first-order valence-corrected chi connectivity index (χ1v) is 9.03. The smallest absolute Gasteiger partial charge is 0.362 e. The van der Waals surface area contributed by atoms with Crippen LogP contribution in [0.1, 0.15) is 11.1 Å². The number of rotatable bonds is 3. The van der Waals surface area contributed by atoms with E-state index < -0.39 is 33.6 Å². The molecule has 2 aromatic rings. The lowest BCUT2D eigenvalue weighted by Crippen LogP contribution is -2.50. The van der Waals surface area contributed by atoms with Crippen molar-refractivity contribution >= 4 is 17.2 Å². The SMILES string of the molecule is Cn1c(N2CCN(c3ccc(C(F)(F)F)cc3[N+](=O)[O-])CC2)c(C#N)c(=O)n(C)c1=O. The first kappa shape index (κ1) is 21.9. The second-order valence-electron chi connectivity index (χ2n) is 6.95. The van der Waals surface area contributed by atoms with Gasteiger partial charge in [-0.2, -0.15) is 18.4 Å². The standard InChI is InChI=1S/C18H17F3N6O4/c1-23-15(12(10-22)16(28)24(2)17(23)29)26-7-5-25(6-8-26)13-4-3-11(18(19,20)21)9-14(13)27(30)31/h3-4,9H,5-8H2,1-2H3. The molecule has 0 amide bonds. The van der Waals surface area contributed by atoms with Gasteiger partial charge in [-0.1, -0.05) is 0 Å². The van der Waals surface area contributed by atoms with Crippen LogP contribution < -0.4 is 21.0 Å². The zero-order chi connectivity index (χ0) is 23.1. The molecule has 0 radical (unpaired) electrons. The fraction of sp³-hybridized carbons (Fsp3) is 0.389. The molecule has 1 aromatic carbocycles. The van der Waals surface area contributed by atoms with Crippen molar-refractivity contribution in [3.8, 4) is 6.07 Å². The molecule has 1 saturated heterocycles. The second kappa shape index (κ2) is 7.78. The van der Waals surface area contributed by atoms with Crippen LogP contribution in [0.15, 0.2) is 27.8 Å². The molecular formula is C18H17F3N6O4. The summed E-state index contributed by atoms with van der Waals surface area (Å²) in [5.74, 6) is 0.136. The van der Waals surface area contributed by atoms with Crippen molar-refractivity contribution in [3.63, 3.8) is 0 Å². The molecule has 1 aromatic heterocycles. The Morgan fingerprint density at radius 2 is 1.65 bits per heavy atom. The molecule has 0 atom stereocenters. The number of nitrogens with zero attached hydrogens (tertiary/aromatic N) is 6. The monoisotopic (exact) mass is 438 g/mol. The largest absolute Gasteiger partial charge is 0.416 e.